The Balaban J connectivity index is 1.13. The van der Waals surface area contributed by atoms with Crippen molar-refractivity contribution in [1.29, 1.82) is 10.5 Å². The number of hydrogen-bond acceptors (Lipinski definition) is 2. The lowest BCUT2D eigenvalue weighted by Gasteiger charge is -2.14. The van der Waals surface area contributed by atoms with E-state index in [2.05, 4.69) is 130 Å². The fourth-order valence-corrected chi connectivity index (χ4v) is 8.04. The highest BCUT2D eigenvalue weighted by Crippen LogP contribution is 2.43. The van der Waals surface area contributed by atoms with E-state index in [9.17, 15) is 10.5 Å². The Morgan fingerprint density at radius 1 is 0.408 bits per heavy atom. The van der Waals surface area contributed by atoms with Gasteiger partial charge in [-0.3, -0.25) is 0 Å². The van der Waals surface area contributed by atoms with E-state index in [1.165, 1.54) is 33.0 Å². The van der Waals surface area contributed by atoms with Gasteiger partial charge in [0.05, 0.1) is 44.6 Å². The van der Waals surface area contributed by atoms with Crippen molar-refractivity contribution in [2.75, 3.05) is 0 Å². The van der Waals surface area contributed by atoms with Crippen LogP contribution < -0.4 is 0 Å². The lowest BCUT2D eigenvalue weighted by atomic mass is 9.99. The second-order valence-electron chi connectivity index (χ2n) is 12.8. The summed E-state index contributed by atoms with van der Waals surface area (Å²) in [7, 11) is 0. The minimum absolute atomic E-state index is 0.572. The molecule has 0 saturated heterocycles. The number of benzene rings is 7. The molecule has 0 N–H and O–H groups in total. The Bertz CT molecular complexity index is 2890. The first-order valence-corrected chi connectivity index (χ1v) is 16.4. The Labute approximate surface area is 282 Å². The molecule has 0 aliphatic heterocycles. The summed E-state index contributed by atoms with van der Waals surface area (Å²) in [5.74, 6) is 0. The molecule has 49 heavy (non-hydrogen) atoms. The van der Waals surface area contributed by atoms with Crippen LogP contribution in [-0.4, -0.2) is 9.13 Å². The molecule has 1 aliphatic carbocycles. The lowest BCUT2D eigenvalue weighted by Crippen LogP contribution is -1.99. The van der Waals surface area contributed by atoms with Crippen LogP contribution in [0.4, 0.5) is 0 Å². The van der Waals surface area contributed by atoms with Crippen molar-refractivity contribution in [2.45, 2.75) is 6.42 Å². The van der Waals surface area contributed by atoms with Gasteiger partial charge in [0.2, 0.25) is 0 Å². The molecule has 226 valence electrons. The van der Waals surface area contributed by atoms with Gasteiger partial charge in [-0.25, -0.2) is 0 Å². The summed E-state index contributed by atoms with van der Waals surface area (Å²) < 4.78 is 4.41. The van der Waals surface area contributed by atoms with E-state index in [-0.39, 0.29) is 0 Å². The van der Waals surface area contributed by atoms with Crippen LogP contribution in [-0.2, 0) is 6.42 Å². The van der Waals surface area contributed by atoms with E-state index >= 15 is 0 Å². The van der Waals surface area contributed by atoms with Crippen LogP contribution >= 0.6 is 0 Å². The molecule has 0 bridgehead atoms. The number of nitriles is 2. The summed E-state index contributed by atoms with van der Waals surface area (Å²) in [6, 6.07) is 55.4. The quantitative estimate of drug-likeness (QED) is 0.197. The van der Waals surface area contributed by atoms with Crippen LogP contribution in [0.3, 0.4) is 0 Å². The number of hydrogen-bond donors (Lipinski definition) is 0. The van der Waals surface area contributed by atoms with Gasteiger partial charge in [0, 0.05) is 21.5 Å². The molecule has 9 aromatic rings. The number of aromatic nitrogens is 2. The third-order valence-electron chi connectivity index (χ3n) is 10.2. The summed E-state index contributed by atoms with van der Waals surface area (Å²) in [4.78, 5) is 0. The number of fused-ring (bicyclic) bond motifs is 9. The van der Waals surface area contributed by atoms with Crippen LogP contribution in [0.25, 0.3) is 77.2 Å². The molecule has 4 nitrogen and oxygen atoms in total. The molecule has 0 unspecified atom stereocenters. The molecule has 4 heteroatoms. The largest absolute Gasteiger partial charge is 0.308 e. The van der Waals surface area contributed by atoms with Crippen molar-refractivity contribution in [2.24, 2.45) is 0 Å². The number of para-hydroxylation sites is 3. The molecule has 0 fully saturated rings. The van der Waals surface area contributed by atoms with Crippen molar-refractivity contribution in [3.05, 3.63) is 168 Å². The number of nitrogens with zero attached hydrogens (tertiary/aromatic N) is 4. The molecule has 10 rings (SSSR count). The van der Waals surface area contributed by atoms with Gasteiger partial charge < -0.3 is 9.13 Å². The summed E-state index contributed by atoms with van der Waals surface area (Å²) in [5, 5.41) is 25.6. The average molecular weight is 623 g/mol. The fourth-order valence-electron chi connectivity index (χ4n) is 8.04. The maximum atomic E-state index is 10.6. The highest BCUT2D eigenvalue weighted by molar-refractivity contribution is 6.12. The van der Waals surface area contributed by atoms with Crippen molar-refractivity contribution in [3.63, 3.8) is 0 Å². The van der Waals surface area contributed by atoms with E-state index in [4.69, 9.17) is 0 Å². The summed E-state index contributed by atoms with van der Waals surface area (Å²) >= 11 is 0. The highest BCUT2D eigenvalue weighted by Gasteiger charge is 2.23. The minimum atomic E-state index is 0.572. The zero-order valence-corrected chi connectivity index (χ0v) is 26.4. The molecule has 1 aliphatic rings. The average Bonchev–Trinajstić information content (AvgIpc) is 3.80. The standard InChI is InChI=1S/C45H26N4/c46-26-32-21-28(17-19-40(32)48-42-14-6-3-11-35(42)36-12-4-7-15-43(36)48)29-18-20-41(33(22-29)27-47)49-44-16-8-5-13-37(44)39-24-31-23-30-9-1-2-10-34(30)38(31)25-45(39)49/h1-22,24-25H,23H2. The zero-order valence-electron chi connectivity index (χ0n) is 26.4. The van der Waals surface area contributed by atoms with Crippen LogP contribution in [0.1, 0.15) is 22.3 Å². The Hall–Kier alpha value is -6.88. The third-order valence-corrected chi connectivity index (χ3v) is 10.2. The second kappa shape index (κ2) is 10.3. The van der Waals surface area contributed by atoms with Gasteiger partial charge in [0.15, 0.2) is 0 Å². The van der Waals surface area contributed by atoms with Crippen LogP contribution in [0.15, 0.2) is 146 Å². The van der Waals surface area contributed by atoms with Crippen molar-refractivity contribution >= 4 is 43.6 Å². The molecule has 7 aromatic carbocycles. The maximum Gasteiger partial charge on any atom is 0.101 e. The molecule has 0 atom stereocenters. The summed E-state index contributed by atoms with van der Waals surface area (Å²) in [6.07, 6.45) is 0.930. The first-order valence-electron chi connectivity index (χ1n) is 16.4. The predicted octanol–water partition coefficient (Wildman–Crippen LogP) is 10.9. The second-order valence-corrected chi connectivity index (χ2v) is 12.8. The number of rotatable bonds is 3. The molecular formula is C45H26N4. The molecule has 0 saturated carbocycles. The van der Waals surface area contributed by atoms with E-state index in [1.807, 2.05) is 36.4 Å². The van der Waals surface area contributed by atoms with Crippen LogP contribution in [0.2, 0.25) is 0 Å². The maximum absolute atomic E-state index is 10.6. The minimum Gasteiger partial charge on any atom is -0.308 e. The topological polar surface area (TPSA) is 57.4 Å². The Kier molecular flexibility index (Phi) is 5.73. The third kappa shape index (κ3) is 3.89. The first-order chi connectivity index (χ1) is 24.2. The zero-order chi connectivity index (χ0) is 32.6. The van der Waals surface area contributed by atoms with Crippen molar-refractivity contribution < 1.29 is 0 Å². The van der Waals surface area contributed by atoms with E-state index in [0.29, 0.717) is 11.1 Å². The van der Waals surface area contributed by atoms with Gasteiger partial charge in [0.25, 0.3) is 0 Å². The molecular weight excluding hydrogens is 597 g/mol. The normalized spacial score (nSPS) is 12.0. The Morgan fingerprint density at radius 3 is 1.47 bits per heavy atom. The first kappa shape index (κ1) is 27.3. The molecule has 0 amide bonds. The fraction of sp³-hybridized carbons (Fsp3) is 0.0222. The highest BCUT2D eigenvalue weighted by atomic mass is 15.0. The van der Waals surface area contributed by atoms with Gasteiger partial charge in [-0.05, 0) is 94.4 Å². The monoisotopic (exact) mass is 622 g/mol. The van der Waals surface area contributed by atoms with Gasteiger partial charge in [-0.2, -0.15) is 10.5 Å². The summed E-state index contributed by atoms with van der Waals surface area (Å²) in [6.45, 7) is 0. The van der Waals surface area contributed by atoms with E-state index in [1.54, 1.807) is 0 Å². The molecule has 0 spiro atoms. The van der Waals surface area contributed by atoms with Gasteiger partial charge in [-0.1, -0.05) is 91.0 Å². The molecule has 0 radical (unpaired) electrons. The van der Waals surface area contributed by atoms with Gasteiger partial charge in [0.1, 0.15) is 12.1 Å². The smallest absolute Gasteiger partial charge is 0.101 e. The SMILES string of the molecule is N#Cc1cc(-c2ccc(-n3c4ccccc4c4cc5c(cc43)-c3ccccc3C5)c(C#N)c2)ccc1-n1c2ccccc2c2ccccc21. The Morgan fingerprint density at radius 2 is 0.898 bits per heavy atom. The van der Waals surface area contributed by atoms with Gasteiger partial charge >= 0.3 is 0 Å². The van der Waals surface area contributed by atoms with E-state index < -0.39 is 0 Å². The van der Waals surface area contributed by atoms with Crippen molar-refractivity contribution in [1.82, 2.24) is 9.13 Å². The molecule has 2 aromatic heterocycles. The van der Waals surface area contributed by atoms with Crippen molar-refractivity contribution in [3.8, 4) is 45.8 Å². The van der Waals surface area contributed by atoms with E-state index in [0.717, 1.165) is 61.8 Å². The van der Waals surface area contributed by atoms with Crippen LogP contribution in [0.5, 0.6) is 0 Å². The molecule has 2 heterocycles. The summed E-state index contributed by atoms with van der Waals surface area (Å²) in [5.41, 5.74) is 14.1. The van der Waals surface area contributed by atoms with Crippen LogP contribution in [0, 0.1) is 22.7 Å². The predicted molar refractivity (Wildman–Crippen MR) is 198 cm³/mol. The van der Waals surface area contributed by atoms with Gasteiger partial charge in [-0.15, -0.1) is 0 Å². The lowest BCUT2D eigenvalue weighted by molar-refractivity contribution is 1.16.